The summed E-state index contributed by atoms with van der Waals surface area (Å²) in [5.41, 5.74) is 3.98. The van der Waals surface area contributed by atoms with Gasteiger partial charge in [-0.25, -0.2) is 9.78 Å². The minimum Gasteiger partial charge on any atom is -0.419 e. The molecule has 0 saturated carbocycles. The third-order valence-electron chi connectivity index (χ3n) is 7.31. The number of nitrogens with zero attached hydrogens (tertiary/aromatic N) is 4. The van der Waals surface area contributed by atoms with Gasteiger partial charge in [0.25, 0.3) is 0 Å². The number of aryl methyl sites for hydroxylation is 2. The van der Waals surface area contributed by atoms with Crippen LogP contribution in [0.25, 0.3) is 16.8 Å². The van der Waals surface area contributed by atoms with E-state index >= 15 is 0 Å². The van der Waals surface area contributed by atoms with Gasteiger partial charge in [0.05, 0.1) is 11.3 Å². The maximum absolute atomic E-state index is 13.4. The first-order valence-electron chi connectivity index (χ1n) is 13.2. The Labute approximate surface area is 243 Å². The average molecular weight is 632 g/mol. The fourth-order valence-corrected chi connectivity index (χ4v) is 5.72. The first-order chi connectivity index (χ1) is 19.5. The molecule has 0 atom stereocenters. The molecule has 0 aliphatic carbocycles. The van der Waals surface area contributed by atoms with Crippen molar-refractivity contribution in [3.05, 3.63) is 70.5 Å². The first kappa shape index (κ1) is 28.9. The van der Waals surface area contributed by atoms with E-state index in [2.05, 4.69) is 36.3 Å². The fourth-order valence-electron chi connectivity index (χ4n) is 5.27. The molecule has 216 valence electrons. The Kier molecular flexibility index (Phi) is 8.23. The molecule has 4 aromatic rings. The number of hydrogen-bond acceptors (Lipinski definition) is 7. The molecule has 8 nitrogen and oxygen atoms in total. The number of alkyl halides is 3. The van der Waals surface area contributed by atoms with Crippen molar-refractivity contribution in [1.82, 2.24) is 20.0 Å². The fraction of sp³-hybridized carbons (Fsp3) is 0.345. The van der Waals surface area contributed by atoms with Crippen molar-refractivity contribution in [3.8, 4) is 22.6 Å². The lowest BCUT2D eigenvalue weighted by Crippen LogP contribution is -2.34. The number of nitrogens with one attached hydrogen (secondary N) is 1. The van der Waals surface area contributed by atoms with Gasteiger partial charge in [0.2, 0.25) is 0 Å². The van der Waals surface area contributed by atoms with E-state index in [0.717, 1.165) is 37.3 Å². The summed E-state index contributed by atoms with van der Waals surface area (Å²) in [7, 11) is 0. The highest BCUT2D eigenvalue weighted by Crippen LogP contribution is 2.44. The van der Waals surface area contributed by atoms with Crippen molar-refractivity contribution in [2.24, 2.45) is 5.92 Å². The van der Waals surface area contributed by atoms with Gasteiger partial charge in [-0.1, -0.05) is 11.2 Å². The van der Waals surface area contributed by atoms with E-state index in [1.54, 1.807) is 33.0 Å². The highest BCUT2D eigenvalue weighted by molar-refractivity contribution is 9.10. The molecule has 1 fully saturated rings. The standard InChI is InChI=1S/C29H29BrF3N5O3/c1-17-24(8-7-23(25-18(2)36-41-19(25)3)26(17)40-27(39)29(31,32)33)38(16-20-9-11-34-12-10-20)22-6-4-5-21(15-22)37-14-13-35-28(37)30/h4-8,13-15,20,34H,9-12,16H2,1-3H3. The van der Waals surface area contributed by atoms with E-state index in [1.165, 1.54) is 0 Å². The summed E-state index contributed by atoms with van der Waals surface area (Å²) in [5, 5.41) is 7.33. The summed E-state index contributed by atoms with van der Waals surface area (Å²) in [4.78, 5) is 18.5. The van der Waals surface area contributed by atoms with Gasteiger partial charge >= 0.3 is 12.1 Å². The van der Waals surface area contributed by atoms with Crippen molar-refractivity contribution >= 4 is 33.3 Å². The Balaban J connectivity index is 1.66. The Bertz CT molecular complexity index is 1540. The summed E-state index contributed by atoms with van der Waals surface area (Å²) in [6.07, 6.45) is 0.256. The van der Waals surface area contributed by atoms with E-state index in [1.807, 2.05) is 41.1 Å². The zero-order chi connectivity index (χ0) is 29.3. The number of benzene rings is 2. The summed E-state index contributed by atoms with van der Waals surface area (Å²) < 4.78 is 53.1. The van der Waals surface area contributed by atoms with Crippen LogP contribution in [0, 0.1) is 26.7 Å². The van der Waals surface area contributed by atoms with Crippen molar-refractivity contribution in [3.63, 3.8) is 0 Å². The number of piperidine rings is 1. The quantitative estimate of drug-likeness (QED) is 0.177. The Morgan fingerprint density at radius 3 is 2.59 bits per heavy atom. The highest BCUT2D eigenvalue weighted by atomic mass is 79.9. The normalized spacial score (nSPS) is 14.3. The van der Waals surface area contributed by atoms with Crippen LogP contribution in [-0.2, 0) is 4.79 Å². The SMILES string of the molecule is Cc1noc(C)c1-c1ccc(N(CC2CCNCC2)c2cccc(-n3ccnc3Br)c2)c(C)c1OC(=O)C(F)(F)F. The molecule has 41 heavy (non-hydrogen) atoms. The lowest BCUT2D eigenvalue weighted by Gasteiger charge is -2.33. The highest BCUT2D eigenvalue weighted by Gasteiger charge is 2.42. The van der Waals surface area contributed by atoms with Crippen molar-refractivity contribution in [1.29, 1.82) is 0 Å². The number of carbonyl (C=O) groups is 1. The second-order valence-corrected chi connectivity index (χ2v) is 10.8. The van der Waals surface area contributed by atoms with Crippen LogP contribution in [0.3, 0.4) is 0 Å². The zero-order valence-electron chi connectivity index (χ0n) is 22.8. The molecule has 1 N–H and O–H groups in total. The van der Waals surface area contributed by atoms with Gasteiger partial charge in [0.15, 0.2) is 4.73 Å². The Hall–Kier alpha value is -3.64. The summed E-state index contributed by atoms with van der Waals surface area (Å²) in [6.45, 7) is 7.42. The van der Waals surface area contributed by atoms with Crippen LogP contribution in [0.2, 0.25) is 0 Å². The average Bonchev–Trinajstić information content (AvgIpc) is 3.53. The smallest absolute Gasteiger partial charge is 0.419 e. The summed E-state index contributed by atoms with van der Waals surface area (Å²) >= 11 is 3.47. The monoisotopic (exact) mass is 631 g/mol. The van der Waals surface area contributed by atoms with Gasteiger partial charge in [-0.3, -0.25) is 4.57 Å². The number of rotatable bonds is 7. The zero-order valence-corrected chi connectivity index (χ0v) is 24.3. The largest absolute Gasteiger partial charge is 0.491 e. The predicted octanol–water partition coefficient (Wildman–Crippen LogP) is 6.82. The van der Waals surface area contributed by atoms with E-state index in [4.69, 9.17) is 9.26 Å². The lowest BCUT2D eigenvalue weighted by molar-refractivity contribution is -0.189. The number of aromatic nitrogens is 3. The molecular formula is C29H29BrF3N5O3. The number of imidazole rings is 1. The van der Waals surface area contributed by atoms with Crippen LogP contribution >= 0.6 is 15.9 Å². The molecule has 5 rings (SSSR count). The number of hydrogen-bond donors (Lipinski definition) is 1. The van der Waals surface area contributed by atoms with Crippen LogP contribution in [0.5, 0.6) is 5.75 Å². The van der Waals surface area contributed by atoms with E-state index in [0.29, 0.717) is 51.0 Å². The van der Waals surface area contributed by atoms with Crippen LogP contribution < -0.4 is 15.0 Å². The summed E-state index contributed by atoms with van der Waals surface area (Å²) in [5.74, 6) is -1.72. The predicted molar refractivity (Wildman–Crippen MR) is 152 cm³/mol. The number of esters is 1. The third kappa shape index (κ3) is 6.03. The second-order valence-electron chi connectivity index (χ2n) is 10.1. The van der Waals surface area contributed by atoms with E-state index in [-0.39, 0.29) is 5.75 Å². The van der Waals surface area contributed by atoms with E-state index < -0.39 is 12.1 Å². The van der Waals surface area contributed by atoms with Crippen molar-refractivity contribution < 1.29 is 27.2 Å². The van der Waals surface area contributed by atoms with Crippen LogP contribution in [0.4, 0.5) is 24.5 Å². The van der Waals surface area contributed by atoms with E-state index in [9.17, 15) is 18.0 Å². The number of anilines is 2. The van der Waals surface area contributed by atoms with Crippen LogP contribution in [0.15, 0.2) is 58.0 Å². The topological polar surface area (TPSA) is 85.4 Å². The van der Waals surface area contributed by atoms with Gasteiger partial charge in [-0.05, 0) is 98.9 Å². The number of carbonyl (C=O) groups excluding carboxylic acids is 1. The first-order valence-corrected chi connectivity index (χ1v) is 14.0. The van der Waals surface area contributed by atoms with Gasteiger partial charge < -0.3 is 19.5 Å². The molecule has 0 spiro atoms. The molecule has 1 aliphatic rings. The Morgan fingerprint density at radius 1 is 1.20 bits per heavy atom. The van der Waals surface area contributed by atoms with Gasteiger partial charge in [-0.15, -0.1) is 0 Å². The molecule has 0 amide bonds. The number of ether oxygens (including phenoxy) is 1. The molecule has 2 aromatic heterocycles. The summed E-state index contributed by atoms with van der Waals surface area (Å²) in [6, 6.07) is 11.3. The molecule has 0 unspecified atom stereocenters. The Morgan fingerprint density at radius 2 is 1.95 bits per heavy atom. The second kappa shape index (κ2) is 11.7. The minimum absolute atomic E-state index is 0.178. The van der Waals surface area contributed by atoms with Gasteiger partial charge in [0, 0.05) is 47.1 Å². The molecule has 0 radical (unpaired) electrons. The maximum atomic E-state index is 13.4. The molecule has 0 bridgehead atoms. The van der Waals surface area contributed by atoms with Crippen molar-refractivity contribution in [2.75, 3.05) is 24.5 Å². The van der Waals surface area contributed by atoms with Crippen molar-refractivity contribution in [2.45, 2.75) is 39.8 Å². The minimum atomic E-state index is -5.17. The molecule has 3 heterocycles. The molecule has 12 heteroatoms. The van der Waals surface area contributed by atoms with Gasteiger partial charge in [0.1, 0.15) is 11.5 Å². The molecule has 1 saturated heterocycles. The van der Waals surface area contributed by atoms with Crippen LogP contribution in [0.1, 0.15) is 29.9 Å². The lowest BCUT2D eigenvalue weighted by atomic mass is 9.95. The number of halogens is 4. The molecular weight excluding hydrogens is 603 g/mol. The van der Waals surface area contributed by atoms with Gasteiger partial charge in [-0.2, -0.15) is 13.2 Å². The maximum Gasteiger partial charge on any atom is 0.491 e. The van der Waals surface area contributed by atoms with Crippen LogP contribution in [-0.4, -0.2) is 46.5 Å². The molecule has 1 aliphatic heterocycles. The third-order valence-corrected chi connectivity index (χ3v) is 7.90. The molecule has 2 aromatic carbocycles.